The molecule has 0 aliphatic carbocycles. The number of pyridine rings is 1. The Labute approximate surface area is 218 Å². The molecule has 1 fully saturated rings. The first-order valence-corrected chi connectivity index (χ1v) is 10.9. The molecule has 3 N–H and O–H groups in total. The van der Waals surface area contributed by atoms with Gasteiger partial charge in [-0.2, -0.15) is 0 Å². The molecule has 1 saturated heterocycles. The summed E-state index contributed by atoms with van der Waals surface area (Å²) in [5.74, 6) is -5.35. The van der Waals surface area contributed by atoms with Crippen molar-refractivity contribution >= 4 is 42.1 Å². The number of hydrogen-bond acceptors (Lipinski definition) is 4. The lowest BCUT2D eigenvalue weighted by Crippen LogP contribution is -2.46. The Morgan fingerprint density at radius 3 is 2.31 bits per heavy atom. The number of nitrogens with zero attached hydrogens (tertiary/aromatic N) is 2. The van der Waals surface area contributed by atoms with E-state index in [-0.39, 0.29) is 36.4 Å². The van der Waals surface area contributed by atoms with Crippen LogP contribution >= 0.6 is 24.8 Å². The maximum atomic E-state index is 15.3. The summed E-state index contributed by atoms with van der Waals surface area (Å²) in [6, 6.07) is 5.50. The molecule has 1 aliphatic heterocycles. The van der Waals surface area contributed by atoms with Gasteiger partial charge in [0.2, 0.25) is 0 Å². The first kappa shape index (κ1) is 29.4. The summed E-state index contributed by atoms with van der Waals surface area (Å²) in [5.41, 5.74) is 4.77. The van der Waals surface area contributed by atoms with E-state index >= 15 is 4.39 Å². The van der Waals surface area contributed by atoms with E-state index in [9.17, 15) is 18.0 Å². The van der Waals surface area contributed by atoms with Gasteiger partial charge in [-0.15, -0.1) is 24.8 Å². The van der Waals surface area contributed by atoms with Crippen LogP contribution in [0.4, 0.5) is 28.9 Å². The van der Waals surface area contributed by atoms with Gasteiger partial charge in [0.25, 0.3) is 5.91 Å². The number of carbonyl (C=O) groups excluding carboxylic acids is 1. The van der Waals surface area contributed by atoms with Gasteiger partial charge in [-0.05, 0) is 49.1 Å². The predicted octanol–water partition coefficient (Wildman–Crippen LogP) is 5.88. The largest absolute Gasteiger partial charge is 0.368 e. The van der Waals surface area contributed by atoms with E-state index in [4.69, 9.17) is 5.73 Å². The van der Waals surface area contributed by atoms with Crippen LogP contribution in [0.2, 0.25) is 0 Å². The van der Waals surface area contributed by atoms with Crippen molar-refractivity contribution in [1.29, 1.82) is 0 Å². The van der Waals surface area contributed by atoms with Crippen molar-refractivity contribution in [3.63, 3.8) is 0 Å². The molecule has 0 spiro atoms. The zero-order valence-corrected chi connectivity index (χ0v) is 21.2. The van der Waals surface area contributed by atoms with Crippen molar-refractivity contribution in [3.8, 4) is 11.1 Å². The molecule has 1 amide bonds. The first-order valence-electron chi connectivity index (χ1n) is 10.9. The van der Waals surface area contributed by atoms with Crippen LogP contribution in [0.1, 0.15) is 29.3 Å². The summed E-state index contributed by atoms with van der Waals surface area (Å²) in [6.45, 7) is 4.70. The first-order chi connectivity index (χ1) is 16.2. The average molecular weight is 545 g/mol. The number of amides is 1. The smallest absolute Gasteiger partial charge is 0.258 e. The SMILES string of the molecule is Cc1ccc(F)c(-c2c(F)ccc(C(=O)Nc3cnccc3N3C[C@H](C)C[C@H](N)C3)c2F)c1F.Cl.Cl. The second kappa shape index (κ2) is 11.9. The number of anilines is 2. The van der Waals surface area contributed by atoms with E-state index in [2.05, 4.69) is 17.2 Å². The molecule has 1 aromatic heterocycles. The molecule has 36 heavy (non-hydrogen) atoms. The number of halogens is 6. The Bertz CT molecular complexity index is 1250. The van der Waals surface area contributed by atoms with Gasteiger partial charge >= 0.3 is 0 Å². The van der Waals surface area contributed by atoms with Gasteiger partial charge in [0.05, 0.1) is 34.3 Å². The number of aryl methyl sites for hydroxylation is 1. The third kappa shape index (κ3) is 5.74. The average Bonchev–Trinajstić information content (AvgIpc) is 2.78. The Balaban J connectivity index is 0.00000228. The summed E-state index contributed by atoms with van der Waals surface area (Å²) in [4.78, 5) is 19.0. The normalized spacial score (nSPS) is 17.1. The number of hydrogen-bond donors (Lipinski definition) is 2. The summed E-state index contributed by atoms with van der Waals surface area (Å²) in [7, 11) is 0. The second-order valence-corrected chi connectivity index (χ2v) is 8.69. The Morgan fingerprint density at radius 1 is 1.00 bits per heavy atom. The van der Waals surface area contributed by atoms with Gasteiger partial charge in [0.1, 0.15) is 23.3 Å². The highest BCUT2D eigenvalue weighted by molar-refractivity contribution is 6.06. The molecule has 11 heteroatoms. The lowest BCUT2D eigenvalue weighted by Gasteiger charge is -2.37. The lowest BCUT2D eigenvalue weighted by atomic mass is 9.96. The zero-order chi connectivity index (χ0) is 24.6. The highest BCUT2D eigenvalue weighted by Gasteiger charge is 2.27. The quantitative estimate of drug-likeness (QED) is 0.402. The van der Waals surface area contributed by atoms with Gasteiger partial charge < -0.3 is 16.0 Å². The van der Waals surface area contributed by atoms with Crippen LogP contribution in [-0.4, -0.2) is 30.0 Å². The number of piperidine rings is 1. The Morgan fingerprint density at radius 2 is 1.64 bits per heavy atom. The summed E-state index contributed by atoms with van der Waals surface area (Å²) >= 11 is 0. The maximum absolute atomic E-state index is 15.3. The second-order valence-electron chi connectivity index (χ2n) is 8.69. The predicted molar refractivity (Wildman–Crippen MR) is 137 cm³/mol. The van der Waals surface area contributed by atoms with Crippen molar-refractivity contribution in [2.45, 2.75) is 26.3 Å². The zero-order valence-electron chi connectivity index (χ0n) is 19.5. The molecule has 3 aromatic rings. The van der Waals surface area contributed by atoms with E-state index in [0.29, 0.717) is 30.4 Å². The fraction of sp³-hybridized carbons (Fsp3) is 0.280. The molecule has 1 aliphatic rings. The molecular weight excluding hydrogens is 519 g/mol. The maximum Gasteiger partial charge on any atom is 0.258 e. The number of nitrogens with one attached hydrogen (secondary N) is 1. The highest BCUT2D eigenvalue weighted by atomic mass is 35.5. The summed E-state index contributed by atoms with van der Waals surface area (Å²) < 4.78 is 58.9. The van der Waals surface area contributed by atoms with Crippen molar-refractivity contribution < 1.29 is 22.4 Å². The Kier molecular flexibility index (Phi) is 9.70. The van der Waals surface area contributed by atoms with Gasteiger partial charge in [0, 0.05) is 25.3 Å². The fourth-order valence-electron chi connectivity index (χ4n) is 4.39. The van der Waals surface area contributed by atoms with E-state index in [0.717, 1.165) is 30.7 Å². The number of nitrogens with two attached hydrogens (primary N) is 1. The number of aromatic nitrogens is 1. The summed E-state index contributed by atoms with van der Waals surface area (Å²) in [5, 5.41) is 2.60. The van der Waals surface area contributed by atoms with Gasteiger partial charge in [-0.3, -0.25) is 9.78 Å². The standard InChI is InChI=1S/C25H24F4N4O.2ClH/c1-13-9-15(30)12-33(11-13)20-7-8-31-10-19(20)32-25(34)16-4-6-18(27)22(24(16)29)21-17(26)5-3-14(2)23(21)28;;/h3-8,10,13,15H,9,11-12,30H2,1-2H3,(H,32,34);2*1H/t13-,15+;;/m1../s1. The third-order valence-electron chi connectivity index (χ3n) is 5.95. The van der Waals surface area contributed by atoms with E-state index in [1.54, 1.807) is 12.3 Å². The van der Waals surface area contributed by atoms with Crippen LogP contribution in [0.5, 0.6) is 0 Å². The highest BCUT2D eigenvalue weighted by Crippen LogP contribution is 2.34. The molecule has 0 radical (unpaired) electrons. The molecular formula is C25H26Cl2F4N4O. The molecule has 2 atom stereocenters. The van der Waals surface area contributed by atoms with Crippen LogP contribution in [-0.2, 0) is 0 Å². The number of rotatable bonds is 4. The summed E-state index contributed by atoms with van der Waals surface area (Å²) in [6.07, 6.45) is 3.86. The van der Waals surface area contributed by atoms with Crippen molar-refractivity contribution in [2.75, 3.05) is 23.3 Å². The number of carbonyl (C=O) groups is 1. The third-order valence-corrected chi connectivity index (χ3v) is 5.95. The van der Waals surface area contributed by atoms with Crippen LogP contribution in [0.25, 0.3) is 11.1 Å². The van der Waals surface area contributed by atoms with Crippen molar-refractivity contribution in [3.05, 3.63) is 77.1 Å². The fourth-order valence-corrected chi connectivity index (χ4v) is 4.39. The van der Waals surface area contributed by atoms with Crippen LogP contribution in [0, 0.1) is 36.1 Å². The van der Waals surface area contributed by atoms with E-state index < -0.39 is 45.9 Å². The minimum absolute atomic E-state index is 0. The van der Waals surface area contributed by atoms with Gasteiger partial charge in [-0.25, -0.2) is 17.6 Å². The topological polar surface area (TPSA) is 71.2 Å². The molecule has 194 valence electrons. The molecule has 0 unspecified atom stereocenters. The van der Waals surface area contributed by atoms with Crippen LogP contribution < -0.4 is 16.0 Å². The minimum atomic E-state index is -1.36. The van der Waals surface area contributed by atoms with Crippen LogP contribution in [0.15, 0.2) is 42.7 Å². The monoisotopic (exact) mass is 544 g/mol. The van der Waals surface area contributed by atoms with Crippen molar-refractivity contribution in [1.82, 2.24) is 4.98 Å². The van der Waals surface area contributed by atoms with Crippen LogP contribution in [0.3, 0.4) is 0 Å². The van der Waals surface area contributed by atoms with Crippen molar-refractivity contribution in [2.24, 2.45) is 11.7 Å². The molecule has 0 saturated carbocycles. The van der Waals surface area contributed by atoms with Gasteiger partial charge in [-0.1, -0.05) is 13.0 Å². The Hall–Kier alpha value is -2.88. The number of benzene rings is 2. The lowest BCUT2D eigenvalue weighted by molar-refractivity contribution is 0.102. The van der Waals surface area contributed by atoms with E-state index in [1.807, 2.05) is 4.90 Å². The minimum Gasteiger partial charge on any atom is -0.368 e. The van der Waals surface area contributed by atoms with E-state index in [1.165, 1.54) is 13.1 Å². The molecule has 0 bridgehead atoms. The van der Waals surface area contributed by atoms with Gasteiger partial charge in [0.15, 0.2) is 0 Å². The molecule has 2 heterocycles. The molecule has 5 nitrogen and oxygen atoms in total. The molecule has 4 rings (SSSR count). The molecule has 2 aromatic carbocycles.